The van der Waals surface area contributed by atoms with E-state index in [-0.39, 0.29) is 18.3 Å². The SMILES string of the molecule is Cc1noc2c1-c1ccc(-c3cnn(C)c3)cc1N(c1ccc(C#N)cc1)CC2CC(=O)OC(C)(C)C. The lowest BCUT2D eigenvalue weighted by Crippen LogP contribution is -2.28. The molecule has 3 heterocycles. The third-order valence-electron chi connectivity index (χ3n) is 6.40. The summed E-state index contributed by atoms with van der Waals surface area (Å²) in [6.45, 7) is 7.97. The molecule has 1 aliphatic rings. The summed E-state index contributed by atoms with van der Waals surface area (Å²) in [4.78, 5) is 15.1. The minimum Gasteiger partial charge on any atom is -0.460 e. The van der Waals surface area contributed by atoms with Crippen LogP contribution in [0.15, 0.2) is 59.4 Å². The Bertz CT molecular complexity index is 1500. The van der Waals surface area contributed by atoms with Gasteiger partial charge in [-0.15, -0.1) is 0 Å². The average molecular weight is 496 g/mol. The molecule has 37 heavy (non-hydrogen) atoms. The first kappa shape index (κ1) is 24.3. The van der Waals surface area contributed by atoms with Crippen molar-refractivity contribution in [2.24, 2.45) is 7.05 Å². The third kappa shape index (κ3) is 4.85. The van der Waals surface area contributed by atoms with E-state index >= 15 is 0 Å². The summed E-state index contributed by atoms with van der Waals surface area (Å²) in [5, 5.41) is 17.9. The highest BCUT2D eigenvalue weighted by molar-refractivity contribution is 5.89. The Morgan fingerprint density at radius 3 is 2.59 bits per heavy atom. The largest absolute Gasteiger partial charge is 0.460 e. The van der Waals surface area contributed by atoms with E-state index in [1.807, 2.05) is 59.3 Å². The highest BCUT2D eigenvalue weighted by Gasteiger charge is 2.35. The summed E-state index contributed by atoms with van der Waals surface area (Å²) in [6, 6.07) is 15.9. The number of aromatic nitrogens is 3. The Kier molecular flexibility index (Phi) is 6.08. The number of benzene rings is 2. The molecule has 8 nitrogen and oxygen atoms in total. The molecule has 0 aliphatic carbocycles. The van der Waals surface area contributed by atoms with Crippen LogP contribution < -0.4 is 4.90 Å². The van der Waals surface area contributed by atoms with E-state index in [4.69, 9.17) is 9.26 Å². The van der Waals surface area contributed by atoms with Gasteiger partial charge >= 0.3 is 5.97 Å². The van der Waals surface area contributed by atoms with Crippen molar-refractivity contribution in [3.05, 3.63) is 71.9 Å². The molecule has 2 aromatic carbocycles. The second-order valence-electron chi connectivity index (χ2n) is 10.4. The summed E-state index contributed by atoms with van der Waals surface area (Å²) >= 11 is 0. The molecule has 8 heteroatoms. The van der Waals surface area contributed by atoms with Gasteiger partial charge in [0, 0.05) is 53.8 Å². The molecule has 0 amide bonds. The van der Waals surface area contributed by atoms with Crippen LogP contribution in [-0.2, 0) is 16.6 Å². The van der Waals surface area contributed by atoms with E-state index in [2.05, 4.69) is 39.4 Å². The minimum atomic E-state index is -0.587. The molecular weight excluding hydrogens is 466 g/mol. The maximum absolute atomic E-state index is 12.9. The van der Waals surface area contributed by atoms with E-state index < -0.39 is 5.60 Å². The van der Waals surface area contributed by atoms with E-state index in [1.165, 1.54) is 0 Å². The number of nitrogens with zero attached hydrogens (tertiary/aromatic N) is 5. The third-order valence-corrected chi connectivity index (χ3v) is 6.40. The molecule has 0 bridgehead atoms. The number of ether oxygens (including phenoxy) is 1. The van der Waals surface area contributed by atoms with Crippen LogP contribution in [0.5, 0.6) is 0 Å². The number of nitriles is 1. The summed E-state index contributed by atoms with van der Waals surface area (Å²) < 4.78 is 13.3. The summed E-state index contributed by atoms with van der Waals surface area (Å²) in [7, 11) is 1.89. The Labute approximate surface area is 216 Å². The molecule has 188 valence electrons. The van der Waals surface area contributed by atoms with Gasteiger partial charge in [-0.25, -0.2) is 0 Å². The van der Waals surface area contributed by atoms with Crippen LogP contribution in [0.4, 0.5) is 11.4 Å². The molecule has 5 rings (SSSR count). The van der Waals surface area contributed by atoms with Gasteiger partial charge in [-0.1, -0.05) is 17.3 Å². The van der Waals surface area contributed by atoms with Gasteiger partial charge < -0.3 is 14.2 Å². The van der Waals surface area contributed by atoms with Crippen molar-refractivity contribution in [2.45, 2.75) is 45.6 Å². The first-order chi connectivity index (χ1) is 17.6. The molecule has 1 atom stereocenters. The zero-order valence-electron chi connectivity index (χ0n) is 21.6. The van der Waals surface area contributed by atoms with Crippen LogP contribution in [0.2, 0.25) is 0 Å². The number of esters is 1. The number of carbonyl (C=O) groups excluding carboxylic acids is 1. The smallest absolute Gasteiger partial charge is 0.307 e. The minimum absolute atomic E-state index is 0.148. The van der Waals surface area contributed by atoms with Crippen molar-refractivity contribution in [2.75, 3.05) is 11.4 Å². The molecule has 0 fully saturated rings. The van der Waals surface area contributed by atoms with Gasteiger partial charge in [-0.3, -0.25) is 9.48 Å². The first-order valence-corrected chi connectivity index (χ1v) is 12.2. The fourth-order valence-electron chi connectivity index (χ4n) is 4.81. The molecule has 2 aromatic heterocycles. The predicted molar refractivity (Wildman–Crippen MR) is 140 cm³/mol. The Morgan fingerprint density at radius 2 is 1.95 bits per heavy atom. The van der Waals surface area contributed by atoms with Gasteiger partial charge in [0.25, 0.3) is 0 Å². The Hall–Kier alpha value is -4.38. The molecule has 1 unspecified atom stereocenters. The number of carbonyl (C=O) groups is 1. The van der Waals surface area contributed by atoms with Crippen LogP contribution in [0.1, 0.15) is 50.1 Å². The Morgan fingerprint density at radius 1 is 1.19 bits per heavy atom. The van der Waals surface area contributed by atoms with Crippen molar-refractivity contribution >= 4 is 17.3 Å². The van der Waals surface area contributed by atoms with Crippen LogP contribution >= 0.6 is 0 Å². The van der Waals surface area contributed by atoms with Crippen LogP contribution in [-0.4, -0.2) is 33.1 Å². The van der Waals surface area contributed by atoms with Crippen molar-refractivity contribution in [1.82, 2.24) is 14.9 Å². The lowest BCUT2D eigenvalue weighted by atomic mass is 9.94. The number of hydrogen-bond acceptors (Lipinski definition) is 7. The van der Waals surface area contributed by atoms with Gasteiger partial charge in [0.2, 0.25) is 0 Å². The fraction of sp³-hybridized carbons (Fsp3) is 0.310. The van der Waals surface area contributed by atoms with Gasteiger partial charge in [0.15, 0.2) is 0 Å². The molecule has 0 spiro atoms. The average Bonchev–Trinajstić information content (AvgIpc) is 3.42. The highest BCUT2D eigenvalue weighted by Crippen LogP contribution is 2.47. The lowest BCUT2D eigenvalue weighted by Gasteiger charge is -2.28. The molecule has 0 saturated heterocycles. The topological polar surface area (TPSA) is 97.2 Å². The maximum Gasteiger partial charge on any atom is 0.307 e. The molecule has 0 N–H and O–H groups in total. The second kappa shape index (κ2) is 9.25. The predicted octanol–water partition coefficient (Wildman–Crippen LogP) is 5.89. The summed E-state index contributed by atoms with van der Waals surface area (Å²) in [5.74, 6) is 0.0881. The molecule has 0 radical (unpaired) electrons. The summed E-state index contributed by atoms with van der Waals surface area (Å²) in [6.07, 6.45) is 3.97. The highest BCUT2D eigenvalue weighted by atomic mass is 16.6. The number of aryl methyl sites for hydroxylation is 2. The van der Waals surface area contributed by atoms with Gasteiger partial charge in [0.05, 0.1) is 29.9 Å². The lowest BCUT2D eigenvalue weighted by molar-refractivity contribution is -0.155. The van der Waals surface area contributed by atoms with Crippen LogP contribution in [0.25, 0.3) is 22.3 Å². The van der Waals surface area contributed by atoms with Gasteiger partial charge in [-0.2, -0.15) is 10.4 Å². The van der Waals surface area contributed by atoms with Crippen molar-refractivity contribution < 1.29 is 14.1 Å². The number of rotatable bonds is 4. The van der Waals surface area contributed by atoms with Gasteiger partial charge in [-0.05, 0) is 63.6 Å². The number of anilines is 2. The number of hydrogen-bond donors (Lipinski definition) is 0. The monoisotopic (exact) mass is 495 g/mol. The van der Waals surface area contributed by atoms with Crippen LogP contribution in [0, 0.1) is 18.3 Å². The van der Waals surface area contributed by atoms with E-state index in [0.29, 0.717) is 17.9 Å². The number of fused-ring (bicyclic) bond motifs is 3. The van der Waals surface area contributed by atoms with E-state index in [1.54, 1.807) is 16.8 Å². The molecular formula is C29H29N5O3. The fourth-order valence-corrected chi connectivity index (χ4v) is 4.81. The quantitative estimate of drug-likeness (QED) is 0.326. The maximum atomic E-state index is 12.9. The molecule has 4 aromatic rings. The first-order valence-electron chi connectivity index (χ1n) is 12.2. The zero-order valence-corrected chi connectivity index (χ0v) is 21.6. The molecule has 0 saturated carbocycles. The van der Waals surface area contributed by atoms with Gasteiger partial charge in [0.1, 0.15) is 11.4 Å². The normalized spacial score (nSPS) is 14.9. The molecule has 1 aliphatic heterocycles. The second-order valence-corrected chi connectivity index (χ2v) is 10.4. The Balaban J connectivity index is 1.66. The van der Waals surface area contributed by atoms with Crippen LogP contribution in [0.3, 0.4) is 0 Å². The van der Waals surface area contributed by atoms with Crippen molar-refractivity contribution in [3.63, 3.8) is 0 Å². The van der Waals surface area contributed by atoms with E-state index in [0.717, 1.165) is 39.3 Å². The van der Waals surface area contributed by atoms with Crippen molar-refractivity contribution in [3.8, 4) is 28.3 Å². The summed E-state index contributed by atoms with van der Waals surface area (Å²) in [5.41, 5.74) is 6.53. The standard InChI is InChI=1S/C29H29N5O3/c1-18-27-24-11-8-20(22-15-31-33(5)16-22)12-25(24)34(23-9-6-19(14-30)7-10-23)17-21(28(27)37-32-18)13-26(35)36-29(2,3)4/h6-12,15-16,21H,13,17H2,1-5H3. The van der Waals surface area contributed by atoms with Crippen molar-refractivity contribution in [1.29, 1.82) is 5.26 Å². The van der Waals surface area contributed by atoms with E-state index in [9.17, 15) is 10.1 Å². The zero-order chi connectivity index (χ0) is 26.3.